The molecule has 0 atom stereocenters. The standard InChI is InChI=1S/C7H9O/c1-5-4-6(2)8-7(5)3/h4H,2H2,1,3H3/q+1. The van der Waals surface area contributed by atoms with E-state index >= 15 is 0 Å². The number of rotatable bonds is 0. The van der Waals surface area contributed by atoms with E-state index in [1.165, 1.54) is 5.57 Å². The second kappa shape index (κ2) is 1.58. The fourth-order valence-electron chi connectivity index (χ4n) is 0.650. The van der Waals surface area contributed by atoms with Crippen LogP contribution in [0.25, 0.3) is 0 Å². The number of hydrogen-bond acceptors (Lipinski definition) is 1. The summed E-state index contributed by atoms with van der Waals surface area (Å²) in [6.45, 7) is 7.58. The van der Waals surface area contributed by atoms with Crippen molar-refractivity contribution in [1.29, 1.82) is 0 Å². The van der Waals surface area contributed by atoms with E-state index in [1.807, 2.05) is 19.9 Å². The summed E-state index contributed by atoms with van der Waals surface area (Å²) in [7, 11) is 0. The highest BCUT2D eigenvalue weighted by atomic mass is 16.5. The fraction of sp³-hybridized carbons (Fsp3) is 0.286. The van der Waals surface area contributed by atoms with E-state index in [9.17, 15) is 0 Å². The Bertz CT molecular complexity index is 144. The lowest BCUT2D eigenvalue weighted by Gasteiger charge is -1.91. The Morgan fingerprint density at radius 2 is 2.38 bits per heavy atom. The minimum atomic E-state index is 0.750. The lowest BCUT2D eigenvalue weighted by atomic mass is 10.2. The molecule has 0 saturated carbocycles. The van der Waals surface area contributed by atoms with Gasteiger partial charge in [0.15, 0.2) is 5.57 Å². The van der Waals surface area contributed by atoms with E-state index in [0.29, 0.717) is 0 Å². The summed E-state index contributed by atoms with van der Waals surface area (Å²) in [6, 6.07) is 0. The molecule has 0 unspecified atom stereocenters. The van der Waals surface area contributed by atoms with E-state index in [1.54, 1.807) is 0 Å². The van der Waals surface area contributed by atoms with Gasteiger partial charge in [-0.1, -0.05) is 0 Å². The maximum Gasteiger partial charge on any atom is 0.240 e. The van der Waals surface area contributed by atoms with Crippen molar-refractivity contribution in [3.05, 3.63) is 30.1 Å². The van der Waals surface area contributed by atoms with E-state index in [2.05, 4.69) is 6.58 Å². The van der Waals surface area contributed by atoms with Gasteiger partial charge in [0.1, 0.15) is 6.08 Å². The van der Waals surface area contributed by atoms with Crippen LogP contribution in [0.3, 0.4) is 0 Å². The molecule has 0 aromatic rings. The maximum absolute atomic E-state index is 5.10. The molecule has 1 aliphatic rings. The van der Waals surface area contributed by atoms with Gasteiger partial charge in [0.25, 0.3) is 0 Å². The summed E-state index contributed by atoms with van der Waals surface area (Å²) in [5.41, 5.74) is 1.18. The zero-order valence-corrected chi connectivity index (χ0v) is 5.19. The molecule has 1 aliphatic heterocycles. The Morgan fingerprint density at radius 1 is 1.75 bits per heavy atom. The monoisotopic (exact) mass is 109 g/mol. The molecule has 0 spiro atoms. The zero-order valence-electron chi connectivity index (χ0n) is 5.19. The highest BCUT2D eigenvalue weighted by Gasteiger charge is 2.25. The van der Waals surface area contributed by atoms with E-state index in [-0.39, 0.29) is 0 Å². The molecule has 8 heavy (non-hydrogen) atoms. The first-order valence-corrected chi connectivity index (χ1v) is 2.59. The normalized spacial score (nSPS) is 18.5. The van der Waals surface area contributed by atoms with E-state index in [0.717, 1.165) is 11.9 Å². The lowest BCUT2D eigenvalue weighted by molar-refractivity contribution is 0.281. The quantitative estimate of drug-likeness (QED) is 0.432. The van der Waals surface area contributed by atoms with Crippen LogP contribution in [0.15, 0.2) is 24.0 Å². The van der Waals surface area contributed by atoms with Gasteiger partial charge in [-0.25, -0.2) is 0 Å². The number of hydrogen-bond donors (Lipinski definition) is 0. The minimum absolute atomic E-state index is 0.750. The molecule has 0 aromatic carbocycles. The van der Waals surface area contributed by atoms with Crippen LogP contribution in [-0.4, -0.2) is 0 Å². The first kappa shape index (κ1) is 5.29. The summed E-state index contributed by atoms with van der Waals surface area (Å²) in [5, 5.41) is 0. The van der Waals surface area contributed by atoms with Gasteiger partial charge >= 0.3 is 0 Å². The van der Waals surface area contributed by atoms with Crippen molar-refractivity contribution in [2.75, 3.05) is 0 Å². The predicted molar refractivity (Wildman–Crippen MR) is 32.9 cm³/mol. The summed E-state index contributed by atoms with van der Waals surface area (Å²) in [6.07, 6.45) is 2.89. The molecule has 0 N–H and O–H groups in total. The maximum atomic E-state index is 5.10. The molecule has 0 aromatic heterocycles. The van der Waals surface area contributed by atoms with Crippen molar-refractivity contribution in [3.63, 3.8) is 0 Å². The van der Waals surface area contributed by atoms with Gasteiger partial charge in [-0.2, -0.15) is 0 Å². The molecule has 1 heteroatoms. The van der Waals surface area contributed by atoms with Gasteiger partial charge < -0.3 is 4.74 Å². The van der Waals surface area contributed by atoms with Gasteiger partial charge in [0.05, 0.1) is 6.92 Å². The van der Waals surface area contributed by atoms with Crippen LogP contribution in [-0.2, 0) is 4.74 Å². The summed E-state index contributed by atoms with van der Waals surface area (Å²) in [4.78, 5) is 0. The molecule has 1 nitrogen and oxygen atoms in total. The number of allylic oxidation sites excluding steroid dienone is 1. The molecule has 0 saturated heterocycles. The van der Waals surface area contributed by atoms with Crippen molar-refractivity contribution >= 4 is 0 Å². The molecular weight excluding hydrogens is 100 g/mol. The van der Waals surface area contributed by atoms with Crippen LogP contribution in [0.4, 0.5) is 0 Å². The zero-order chi connectivity index (χ0) is 6.15. The summed E-state index contributed by atoms with van der Waals surface area (Å²) < 4.78 is 5.10. The Balaban J connectivity index is 2.73. The summed E-state index contributed by atoms with van der Waals surface area (Å²) in [5.74, 6) is 0.750. The third-order valence-electron chi connectivity index (χ3n) is 1.22. The van der Waals surface area contributed by atoms with Crippen LogP contribution in [0.5, 0.6) is 0 Å². The third kappa shape index (κ3) is 0.713. The average Bonchev–Trinajstić information content (AvgIpc) is 1.85. The van der Waals surface area contributed by atoms with Crippen LogP contribution in [0, 0.1) is 6.10 Å². The Kier molecular flexibility index (Phi) is 1.05. The van der Waals surface area contributed by atoms with Crippen LogP contribution in [0.2, 0.25) is 0 Å². The Hall–Kier alpha value is -0.850. The first-order chi connectivity index (χ1) is 3.70. The molecule has 0 aliphatic carbocycles. The van der Waals surface area contributed by atoms with Crippen molar-refractivity contribution in [3.8, 4) is 0 Å². The van der Waals surface area contributed by atoms with Crippen molar-refractivity contribution in [1.82, 2.24) is 0 Å². The lowest BCUT2D eigenvalue weighted by Crippen LogP contribution is -1.87. The van der Waals surface area contributed by atoms with Crippen molar-refractivity contribution in [2.45, 2.75) is 13.8 Å². The Morgan fingerprint density at radius 3 is 2.50 bits per heavy atom. The van der Waals surface area contributed by atoms with Gasteiger partial charge in [-0.15, -0.1) is 0 Å². The van der Waals surface area contributed by atoms with Gasteiger partial charge in [-0.05, 0) is 6.58 Å². The van der Waals surface area contributed by atoms with Gasteiger partial charge in [-0.3, -0.25) is 0 Å². The summed E-state index contributed by atoms with van der Waals surface area (Å²) >= 11 is 0. The molecule has 1 heterocycles. The van der Waals surface area contributed by atoms with Crippen molar-refractivity contribution in [2.24, 2.45) is 0 Å². The molecule has 0 radical (unpaired) electrons. The van der Waals surface area contributed by atoms with Gasteiger partial charge in [0.2, 0.25) is 11.9 Å². The first-order valence-electron chi connectivity index (χ1n) is 2.59. The fourth-order valence-corrected chi connectivity index (χ4v) is 0.650. The SMILES string of the molecule is C=C1C=C(C)[C+](C)O1. The second-order valence-corrected chi connectivity index (χ2v) is 1.95. The highest BCUT2D eigenvalue weighted by molar-refractivity contribution is 5.30. The van der Waals surface area contributed by atoms with Crippen LogP contribution >= 0.6 is 0 Å². The second-order valence-electron chi connectivity index (χ2n) is 1.95. The largest absolute Gasteiger partial charge is 0.354 e. The molecule has 0 amide bonds. The molecule has 42 valence electrons. The topological polar surface area (TPSA) is 9.23 Å². The molecule has 0 fully saturated rings. The smallest absolute Gasteiger partial charge is 0.240 e. The average molecular weight is 109 g/mol. The van der Waals surface area contributed by atoms with Gasteiger partial charge in [0, 0.05) is 6.92 Å². The minimum Gasteiger partial charge on any atom is -0.354 e. The molecular formula is C7H9O+. The van der Waals surface area contributed by atoms with Crippen molar-refractivity contribution < 1.29 is 4.74 Å². The number of ether oxygens (including phenoxy) is 1. The van der Waals surface area contributed by atoms with E-state index in [4.69, 9.17) is 4.74 Å². The highest BCUT2D eigenvalue weighted by Crippen LogP contribution is 2.25. The molecule has 1 rings (SSSR count). The Labute approximate surface area is 49.7 Å². The molecule has 0 bridgehead atoms. The van der Waals surface area contributed by atoms with Crippen LogP contribution in [0.1, 0.15) is 13.8 Å². The third-order valence-corrected chi connectivity index (χ3v) is 1.22. The van der Waals surface area contributed by atoms with E-state index < -0.39 is 0 Å². The van der Waals surface area contributed by atoms with Crippen LogP contribution < -0.4 is 0 Å². The predicted octanol–water partition coefficient (Wildman–Crippen LogP) is 2.03.